The van der Waals surface area contributed by atoms with Gasteiger partial charge >= 0.3 is 0 Å². The normalized spacial score (nSPS) is 15.5. The maximum absolute atomic E-state index is 13.4. The molecule has 0 saturated carbocycles. The van der Waals surface area contributed by atoms with Crippen molar-refractivity contribution in [3.05, 3.63) is 76.8 Å². The Labute approximate surface area is 169 Å². The number of aromatic nitrogens is 3. The van der Waals surface area contributed by atoms with Gasteiger partial charge in [-0.15, -0.1) is 0 Å². The van der Waals surface area contributed by atoms with Crippen molar-refractivity contribution in [1.82, 2.24) is 14.8 Å². The van der Waals surface area contributed by atoms with Gasteiger partial charge in [-0.25, -0.2) is 4.68 Å². The second-order valence-electron chi connectivity index (χ2n) is 7.07. The van der Waals surface area contributed by atoms with Gasteiger partial charge in [-0.1, -0.05) is 24.3 Å². The molecule has 0 fully saturated rings. The first kappa shape index (κ1) is 18.7. The predicted octanol–water partition coefficient (Wildman–Crippen LogP) is 3.83. The molecule has 1 aliphatic rings. The molecule has 0 saturated heterocycles. The minimum absolute atomic E-state index is 0.183. The Hall–Kier alpha value is -3.61. The van der Waals surface area contributed by atoms with Crippen molar-refractivity contribution in [1.29, 1.82) is 0 Å². The molecule has 4 rings (SSSR count). The van der Waals surface area contributed by atoms with Crippen LogP contribution in [0.4, 0.5) is 11.6 Å². The lowest BCUT2D eigenvalue weighted by molar-refractivity contribution is -0.113. The van der Waals surface area contributed by atoms with Crippen molar-refractivity contribution in [2.45, 2.75) is 26.8 Å². The lowest BCUT2D eigenvalue weighted by atomic mass is 9.94. The molecule has 1 aromatic heterocycles. The second-order valence-corrected chi connectivity index (χ2v) is 7.07. The molecule has 7 nitrogen and oxygen atoms in total. The van der Waals surface area contributed by atoms with E-state index in [1.165, 1.54) is 6.33 Å². The third-order valence-corrected chi connectivity index (χ3v) is 5.30. The zero-order valence-corrected chi connectivity index (χ0v) is 16.9. The lowest BCUT2D eigenvalue weighted by Crippen LogP contribution is -2.31. The van der Waals surface area contributed by atoms with Gasteiger partial charge in [0.1, 0.15) is 18.1 Å². The predicted molar refractivity (Wildman–Crippen MR) is 112 cm³/mol. The number of allylic oxidation sites excluding steroid dienone is 1. The molecule has 1 aliphatic heterocycles. The highest BCUT2D eigenvalue weighted by atomic mass is 16.5. The third kappa shape index (κ3) is 3.35. The molecule has 2 aromatic carbocycles. The summed E-state index contributed by atoms with van der Waals surface area (Å²) in [4.78, 5) is 17.7. The molecule has 148 valence electrons. The Morgan fingerprint density at radius 3 is 2.76 bits per heavy atom. The number of nitrogens with zero attached hydrogens (tertiary/aromatic N) is 3. The number of aryl methyl sites for hydroxylation is 1. The van der Waals surface area contributed by atoms with E-state index in [4.69, 9.17) is 4.74 Å². The number of carbonyl (C=O) groups is 1. The van der Waals surface area contributed by atoms with Crippen LogP contribution < -0.4 is 15.4 Å². The monoisotopic (exact) mass is 389 g/mol. The topological polar surface area (TPSA) is 81.1 Å². The zero-order valence-electron chi connectivity index (χ0n) is 16.9. The summed E-state index contributed by atoms with van der Waals surface area (Å²) < 4.78 is 7.11. The van der Waals surface area contributed by atoms with Gasteiger partial charge in [-0.05, 0) is 55.7 Å². The molecule has 2 N–H and O–H groups in total. The van der Waals surface area contributed by atoms with Crippen LogP contribution in [0.2, 0.25) is 0 Å². The molecular weight excluding hydrogens is 366 g/mol. The number of hydrogen-bond acceptors (Lipinski definition) is 5. The van der Waals surface area contributed by atoms with E-state index >= 15 is 0 Å². The van der Waals surface area contributed by atoms with E-state index in [2.05, 4.69) is 20.7 Å². The Balaban J connectivity index is 1.78. The number of ether oxygens (including phenoxy) is 1. The summed E-state index contributed by atoms with van der Waals surface area (Å²) >= 11 is 0. The van der Waals surface area contributed by atoms with Crippen LogP contribution in [0.25, 0.3) is 0 Å². The van der Waals surface area contributed by atoms with E-state index in [0.717, 1.165) is 33.8 Å². The number of hydrogen-bond donors (Lipinski definition) is 2. The van der Waals surface area contributed by atoms with Gasteiger partial charge in [0.05, 0.1) is 12.7 Å². The maximum Gasteiger partial charge on any atom is 0.255 e. The Kier molecular flexibility index (Phi) is 4.80. The minimum Gasteiger partial charge on any atom is -0.497 e. The fraction of sp³-hybridized carbons (Fsp3) is 0.227. The number of anilines is 2. The molecular formula is C22H23N5O2. The first-order valence-corrected chi connectivity index (χ1v) is 9.38. The lowest BCUT2D eigenvalue weighted by Gasteiger charge is -2.29. The molecule has 1 atom stereocenters. The number of methoxy groups -OCH3 is 1. The van der Waals surface area contributed by atoms with Crippen molar-refractivity contribution in [2.75, 3.05) is 17.7 Å². The van der Waals surface area contributed by atoms with Gasteiger partial charge in [-0.2, -0.15) is 10.1 Å². The Morgan fingerprint density at radius 2 is 1.97 bits per heavy atom. The molecule has 1 unspecified atom stereocenters. The van der Waals surface area contributed by atoms with Gasteiger partial charge in [-0.3, -0.25) is 4.79 Å². The Bertz CT molecular complexity index is 1120. The fourth-order valence-corrected chi connectivity index (χ4v) is 3.58. The average Bonchev–Trinajstić information content (AvgIpc) is 3.18. The fourth-order valence-electron chi connectivity index (χ4n) is 3.58. The maximum atomic E-state index is 13.4. The number of rotatable bonds is 4. The summed E-state index contributed by atoms with van der Waals surface area (Å²) in [6.07, 6.45) is 1.48. The summed E-state index contributed by atoms with van der Waals surface area (Å²) in [6, 6.07) is 13.1. The van der Waals surface area contributed by atoms with Crippen LogP contribution >= 0.6 is 0 Å². The smallest absolute Gasteiger partial charge is 0.255 e. The van der Waals surface area contributed by atoms with Gasteiger partial charge < -0.3 is 15.4 Å². The Morgan fingerprint density at radius 1 is 1.17 bits per heavy atom. The van der Waals surface area contributed by atoms with Gasteiger partial charge in [0, 0.05) is 11.4 Å². The van der Waals surface area contributed by atoms with E-state index in [-0.39, 0.29) is 5.91 Å². The summed E-state index contributed by atoms with van der Waals surface area (Å²) in [5.74, 6) is 1.13. The first-order valence-electron chi connectivity index (χ1n) is 9.38. The quantitative estimate of drug-likeness (QED) is 0.709. The number of amides is 1. The summed E-state index contributed by atoms with van der Waals surface area (Å²) in [5.41, 5.74) is 5.17. The van der Waals surface area contributed by atoms with Gasteiger partial charge in [0.15, 0.2) is 0 Å². The molecule has 2 heterocycles. The summed E-state index contributed by atoms with van der Waals surface area (Å²) in [5, 5.41) is 10.6. The molecule has 0 radical (unpaired) electrons. The van der Waals surface area contributed by atoms with Crippen molar-refractivity contribution in [3.8, 4) is 5.75 Å². The standard InChI is InChI=1S/C22H23N5O2/c1-13-7-5-10-18(14(13)2)26-21(28)19-15(3)25-22-23-12-24-27(22)20(19)16-8-6-9-17(11-16)29-4/h5-12,20H,1-4H3,(H,26,28)(H,23,24,25). The highest BCUT2D eigenvalue weighted by Crippen LogP contribution is 2.36. The van der Waals surface area contributed by atoms with E-state index in [9.17, 15) is 4.79 Å². The van der Waals surface area contributed by atoms with E-state index in [1.54, 1.807) is 11.8 Å². The summed E-state index contributed by atoms with van der Waals surface area (Å²) in [6.45, 7) is 5.90. The highest BCUT2D eigenvalue weighted by molar-refractivity contribution is 6.06. The van der Waals surface area contributed by atoms with Crippen LogP contribution in [0, 0.1) is 13.8 Å². The second kappa shape index (κ2) is 7.43. The van der Waals surface area contributed by atoms with E-state index < -0.39 is 6.04 Å². The van der Waals surface area contributed by atoms with Crippen molar-refractivity contribution < 1.29 is 9.53 Å². The van der Waals surface area contributed by atoms with Crippen LogP contribution in [0.3, 0.4) is 0 Å². The van der Waals surface area contributed by atoms with Crippen molar-refractivity contribution in [2.24, 2.45) is 0 Å². The number of carbonyl (C=O) groups excluding carboxylic acids is 1. The van der Waals surface area contributed by atoms with Crippen LogP contribution in [0.15, 0.2) is 60.1 Å². The van der Waals surface area contributed by atoms with Crippen LogP contribution in [0.1, 0.15) is 29.7 Å². The zero-order chi connectivity index (χ0) is 20.5. The molecule has 1 amide bonds. The van der Waals surface area contributed by atoms with Crippen molar-refractivity contribution >= 4 is 17.5 Å². The molecule has 0 bridgehead atoms. The van der Waals surface area contributed by atoms with Crippen LogP contribution in [-0.4, -0.2) is 27.8 Å². The summed E-state index contributed by atoms with van der Waals surface area (Å²) in [7, 11) is 1.62. The number of nitrogens with one attached hydrogen (secondary N) is 2. The van der Waals surface area contributed by atoms with E-state index in [0.29, 0.717) is 11.5 Å². The van der Waals surface area contributed by atoms with Gasteiger partial charge in [0.25, 0.3) is 5.91 Å². The van der Waals surface area contributed by atoms with Crippen LogP contribution in [0.5, 0.6) is 5.75 Å². The van der Waals surface area contributed by atoms with Crippen molar-refractivity contribution in [3.63, 3.8) is 0 Å². The average molecular weight is 389 g/mol. The van der Waals surface area contributed by atoms with E-state index in [1.807, 2.05) is 63.2 Å². The SMILES string of the molecule is COc1cccc(C2C(C(=O)Nc3cccc(C)c3C)=C(C)Nc3ncnn32)c1. The molecule has 7 heteroatoms. The molecule has 0 aliphatic carbocycles. The highest BCUT2D eigenvalue weighted by Gasteiger charge is 2.33. The molecule has 3 aromatic rings. The third-order valence-electron chi connectivity index (χ3n) is 5.30. The number of benzene rings is 2. The van der Waals surface area contributed by atoms with Gasteiger partial charge in [0.2, 0.25) is 5.95 Å². The first-order chi connectivity index (χ1) is 14.0. The number of fused-ring (bicyclic) bond motifs is 1. The minimum atomic E-state index is -0.422. The van der Waals surface area contributed by atoms with Crippen LogP contribution in [-0.2, 0) is 4.79 Å². The molecule has 29 heavy (non-hydrogen) atoms. The molecule has 0 spiro atoms. The largest absolute Gasteiger partial charge is 0.497 e.